The average molecular weight is 188 g/mol. The Bertz CT molecular complexity index is 325. The molecule has 1 rings (SSSR count). The molecule has 0 aliphatic carbocycles. The number of aryl methyl sites for hydroxylation is 1. The minimum Gasteiger partial charge on any atom is -0.298 e. The average Bonchev–Trinajstić information content (AvgIpc) is 2.19. The summed E-state index contributed by atoms with van der Waals surface area (Å²) in [4.78, 5) is 0. The molecule has 0 bridgehead atoms. The third-order valence-corrected chi connectivity index (χ3v) is 2.20. The van der Waals surface area contributed by atoms with E-state index in [0.29, 0.717) is 0 Å². The molecule has 2 heteroatoms. The van der Waals surface area contributed by atoms with E-state index in [9.17, 15) is 0 Å². The third-order valence-electron chi connectivity index (χ3n) is 2.20. The van der Waals surface area contributed by atoms with E-state index in [1.165, 1.54) is 11.1 Å². The Balaban J connectivity index is 2.50. The van der Waals surface area contributed by atoms with Crippen molar-refractivity contribution in [3.63, 3.8) is 0 Å². The molecule has 0 aromatic heterocycles. The highest BCUT2D eigenvalue weighted by molar-refractivity contribution is 5.22. The summed E-state index contributed by atoms with van der Waals surface area (Å²) in [5, 5.41) is 11.9. The summed E-state index contributed by atoms with van der Waals surface area (Å²) in [6, 6.07) is 10.5. The van der Waals surface area contributed by atoms with Gasteiger partial charge in [-0.3, -0.25) is 5.32 Å². The molecular weight excluding hydrogens is 172 g/mol. The topological polar surface area (TPSA) is 35.8 Å². The van der Waals surface area contributed by atoms with Crippen LogP contribution in [0.25, 0.3) is 0 Å². The molecular formula is C12H16N2. The van der Waals surface area contributed by atoms with E-state index in [2.05, 4.69) is 36.5 Å². The molecule has 1 aromatic carbocycles. The van der Waals surface area contributed by atoms with E-state index < -0.39 is 0 Å². The summed E-state index contributed by atoms with van der Waals surface area (Å²) < 4.78 is 0. The molecule has 0 fully saturated rings. The number of nitrogens with one attached hydrogen (secondary N) is 1. The van der Waals surface area contributed by atoms with Crippen LogP contribution in [0.5, 0.6) is 0 Å². The van der Waals surface area contributed by atoms with Crippen molar-refractivity contribution in [1.29, 1.82) is 5.26 Å². The fourth-order valence-electron chi connectivity index (χ4n) is 1.34. The smallest absolute Gasteiger partial charge is 0.0952 e. The first-order chi connectivity index (χ1) is 6.76. The molecule has 0 aliphatic heterocycles. The summed E-state index contributed by atoms with van der Waals surface area (Å²) in [7, 11) is 0. The van der Waals surface area contributed by atoms with E-state index in [-0.39, 0.29) is 6.04 Å². The van der Waals surface area contributed by atoms with Gasteiger partial charge in [0.2, 0.25) is 0 Å². The maximum absolute atomic E-state index is 8.75. The second-order valence-corrected chi connectivity index (χ2v) is 3.46. The second kappa shape index (κ2) is 5.41. The number of nitriles is 1. The molecule has 1 atom stereocenters. The van der Waals surface area contributed by atoms with Crippen LogP contribution in [0.3, 0.4) is 0 Å². The first kappa shape index (κ1) is 10.7. The van der Waals surface area contributed by atoms with E-state index in [1.54, 1.807) is 0 Å². The van der Waals surface area contributed by atoms with Crippen molar-refractivity contribution in [1.82, 2.24) is 5.32 Å². The first-order valence-corrected chi connectivity index (χ1v) is 4.94. The highest BCUT2D eigenvalue weighted by atomic mass is 14.9. The van der Waals surface area contributed by atoms with Crippen LogP contribution in [-0.4, -0.2) is 6.04 Å². The zero-order valence-corrected chi connectivity index (χ0v) is 8.75. The summed E-state index contributed by atoms with van der Waals surface area (Å²) >= 11 is 0. The fourth-order valence-corrected chi connectivity index (χ4v) is 1.34. The Morgan fingerprint density at radius 2 is 2.29 bits per heavy atom. The predicted octanol–water partition coefficient (Wildman–Crippen LogP) is 2.39. The molecule has 0 spiro atoms. The molecule has 0 saturated heterocycles. The van der Waals surface area contributed by atoms with Gasteiger partial charge in [-0.15, -0.1) is 0 Å². The zero-order chi connectivity index (χ0) is 10.4. The van der Waals surface area contributed by atoms with Gasteiger partial charge < -0.3 is 0 Å². The minimum absolute atomic E-state index is 0.0319. The summed E-state index contributed by atoms with van der Waals surface area (Å²) in [6.07, 6.45) is 0.850. The molecule has 0 heterocycles. The lowest BCUT2D eigenvalue weighted by molar-refractivity contribution is 0.587. The summed E-state index contributed by atoms with van der Waals surface area (Å²) in [6.45, 7) is 4.86. The van der Waals surface area contributed by atoms with Crippen LogP contribution >= 0.6 is 0 Å². The molecule has 14 heavy (non-hydrogen) atoms. The van der Waals surface area contributed by atoms with Crippen LogP contribution < -0.4 is 5.32 Å². The monoisotopic (exact) mass is 188 g/mol. The lowest BCUT2D eigenvalue weighted by Crippen LogP contribution is -2.26. The van der Waals surface area contributed by atoms with Crippen molar-refractivity contribution >= 4 is 0 Å². The molecule has 2 nitrogen and oxygen atoms in total. The highest BCUT2D eigenvalue weighted by Gasteiger charge is 2.02. The van der Waals surface area contributed by atoms with Crippen LogP contribution in [0.1, 0.15) is 24.5 Å². The van der Waals surface area contributed by atoms with Crippen molar-refractivity contribution in [2.75, 3.05) is 0 Å². The Labute approximate surface area is 85.6 Å². The van der Waals surface area contributed by atoms with Gasteiger partial charge in [-0.25, -0.2) is 0 Å². The highest BCUT2D eigenvalue weighted by Crippen LogP contribution is 2.03. The van der Waals surface area contributed by atoms with Crippen molar-refractivity contribution in [3.8, 4) is 6.07 Å². The molecule has 0 saturated carbocycles. The Morgan fingerprint density at radius 3 is 2.86 bits per heavy atom. The first-order valence-electron chi connectivity index (χ1n) is 4.94. The molecule has 1 aromatic rings. The van der Waals surface area contributed by atoms with Gasteiger partial charge >= 0.3 is 0 Å². The van der Waals surface area contributed by atoms with Gasteiger partial charge in [-0.1, -0.05) is 36.8 Å². The van der Waals surface area contributed by atoms with E-state index in [1.807, 2.05) is 13.0 Å². The number of hydrogen-bond donors (Lipinski definition) is 1. The molecule has 0 radical (unpaired) electrons. The van der Waals surface area contributed by atoms with Gasteiger partial charge in [0.25, 0.3) is 0 Å². The second-order valence-electron chi connectivity index (χ2n) is 3.46. The fraction of sp³-hybridized carbons (Fsp3) is 0.417. The van der Waals surface area contributed by atoms with Gasteiger partial charge in [-0.05, 0) is 18.9 Å². The number of nitrogens with zero attached hydrogens (tertiary/aromatic N) is 1. The zero-order valence-electron chi connectivity index (χ0n) is 8.75. The maximum Gasteiger partial charge on any atom is 0.0952 e. The van der Waals surface area contributed by atoms with Crippen LogP contribution in [0, 0.1) is 18.3 Å². The predicted molar refractivity (Wildman–Crippen MR) is 57.7 cm³/mol. The number of hydrogen-bond acceptors (Lipinski definition) is 2. The van der Waals surface area contributed by atoms with Crippen LogP contribution in [0.2, 0.25) is 0 Å². The number of benzene rings is 1. The number of rotatable bonds is 4. The molecule has 0 amide bonds. The normalized spacial score (nSPS) is 12.1. The Morgan fingerprint density at radius 1 is 1.50 bits per heavy atom. The molecule has 0 aliphatic rings. The lowest BCUT2D eigenvalue weighted by Gasteiger charge is -2.09. The molecule has 1 N–H and O–H groups in total. The molecule has 74 valence electrons. The van der Waals surface area contributed by atoms with Gasteiger partial charge in [0, 0.05) is 6.54 Å². The lowest BCUT2D eigenvalue weighted by atomic mass is 10.1. The summed E-state index contributed by atoms with van der Waals surface area (Å²) in [5.74, 6) is 0. The quantitative estimate of drug-likeness (QED) is 0.787. The standard InChI is InChI=1S/C12H16N2/c1-3-12(8-13)14-9-11-6-4-5-10(2)7-11/h4-7,12,14H,3,9H2,1-2H3. The SMILES string of the molecule is CCC(C#N)NCc1cccc(C)c1. The van der Waals surface area contributed by atoms with E-state index >= 15 is 0 Å². The van der Waals surface area contributed by atoms with E-state index in [4.69, 9.17) is 5.26 Å². The Kier molecular flexibility index (Phi) is 4.15. The van der Waals surface area contributed by atoms with Gasteiger partial charge in [0.15, 0.2) is 0 Å². The summed E-state index contributed by atoms with van der Waals surface area (Å²) in [5.41, 5.74) is 2.49. The minimum atomic E-state index is -0.0319. The van der Waals surface area contributed by atoms with Crippen molar-refractivity contribution in [3.05, 3.63) is 35.4 Å². The van der Waals surface area contributed by atoms with Crippen molar-refractivity contribution in [2.24, 2.45) is 0 Å². The van der Waals surface area contributed by atoms with Crippen LogP contribution in [0.4, 0.5) is 0 Å². The largest absolute Gasteiger partial charge is 0.298 e. The van der Waals surface area contributed by atoms with Crippen LogP contribution in [0.15, 0.2) is 24.3 Å². The Hall–Kier alpha value is -1.33. The van der Waals surface area contributed by atoms with Crippen molar-refractivity contribution < 1.29 is 0 Å². The maximum atomic E-state index is 8.75. The van der Waals surface area contributed by atoms with Gasteiger partial charge in [-0.2, -0.15) is 5.26 Å². The van der Waals surface area contributed by atoms with Gasteiger partial charge in [0.1, 0.15) is 0 Å². The van der Waals surface area contributed by atoms with Gasteiger partial charge in [0.05, 0.1) is 12.1 Å². The molecule has 1 unspecified atom stereocenters. The van der Waals surface area contributed by atoms with Crippen molar-refractivity contribution in [2.45, 2.75) is 32.9 Å². The van der Waals surface area contributed by atoms with Crippen LogP contribution in [-0.2, 0) is 6.54 Å². The third kappa shape index (κ3) is 3.20. The van der Waals surface area contributed by atoms with E-state index in [0.717, 1.165) is 13.0 Å².